The van der Waals surface area contributed by atoms with E-state index in [-0.39, 0.29) is 17.9 Å². The molecule has 0 unspecified atom stereocenters. The van der Waals surface area contributed by atoms with Crippen LogP contribution in [-0.2, 0) is 22.5 Å². The highest BCUT2D eigenvalue weighted by Crippen LogP contribution is 2.24. The van der Waals surface area contributed by atoms with Crippen molar-refractivity contribution >= 4 is 5.91 Å². The fraction of sp³-hybridized carbons (Fsp3) is 0.696. The molecule has 5 heteroatoms. The lowest BCUT2D eigenvalue weighted by Crippen LogP contribution is -2.49. The number of carbonyl (C=O) groups excluding carboxylic acids is 1. The average Bonchev–Trinajstić information content (AvgIpc) is 2.74. The van der Waals surface area contributed by atoms with Gasteiger partial charge < -0.3 is 15.0 Å². The number of ether oxygens (including phenoxy) is 1. The van der Waals surface area contributed by atoms with E-state index in [0.29, 0.717) is 6.04 Å². The smallest absolute Gasteiger partial charge is 0.223 e. The largest absolute Gasteiger partial charge is 0.381 e. The first-order chi connectivity index (χ1) is 13.7. The molecule has 3 aliphatic rings. The molecular formula is C23H35N3O2. The van der Waals surface area contributed by atoms with Crippen molar-refractivity contribution in [3.63, 3.8) is 0 Å². The molecule has 2 fully saturated rings. The number of likely N-dealkylation sites (tertiary alicyclic amines) is 1. The van der Waals surface area contributed by atoms with E-state index < -0.39 is 0 Å². The van der Waals surface area contributed by atoms with Crippen LogP contribution in [0, 0.1) is 5.92 Å². The summed E-state index contributed by atoms with van der Waals surface area (Å²) >= 11 is 0. The summed E-state index contributed by atoms with van der Waals surface area (Å²) in [4.78, 5) is 17.8. The molecule has 28 heavy (non-hydrogen) atoms. The summed E-state index contributed by atoms with van der Waals surface area (Å²) in [6.45, 7) is 9.06. The molecule has 0 aliphatic carbocycles. The third-order valence-electron chi connectivity index (χ3n) is 6.74. The van der Waals surface area contributed by atoms with Crippen LogP contribution in [0.5, 0.6) is 0 Å². The van der Waals surface area contributed by atoms with Gasteiger partial charge in [-0.2, -0.15) is 0 Å². The van der Waals surface area contributed by atoms with Crippen LogP contribution < -0.4 is 5.32 Å². The molecule has 2 saturated heterocycles. The van der Waals surface area contributed by atoms with Gasteiger partial charge in [-0.15, -0.1) is 0 Å². The molecule has 1 aromatic rings. The maximum Gasteiger partial charge on any atom is 0.223 e. The zero-order valence-corrected chi connectivity index (χ0v) is 17.2. The number of piperidine rings is 1. The molecule has 4 rings (SSSR count). The van der Waals surface area contributed by atoms with E-state index in [9.17, 15) is 4.79 Å². The van der Waals surface area contributed by atoms with Crippen molar-refractivity contribution < 1.29 is 9.53 Å². The second-order valence-corrected chi connectivity index (χ2v) is 8.82. The monoisotopic (exact) mass is 385 g/mol. The van der Waals surface area contributed by atoms with Crippen molar-refractivity contribution in [1.29, 1.82) is 0 Å². The number of hydrogen-bond acceptors (Lipinski definition) is 4. The number of nitrogens with zero attached hydrogens (tertiary/aromatic N) is 2. The zero-order chi connectivity index (χ0) is 19.3. The molecule has 154 valence electrons. The van der Waals surface area contributed by atoms with Gasteiger partial charge in [0, 0.05) is 50.8 Å². The van der Waals surface area contributed by atoms with Crippen molar-refractivity contribution in [3.8, 4) is 0 Å². The van der Waals surface area contributed by atoms with Crippen LogP contribution in [0.15, 0.2) is 24.3 Å². The molecule has 1 N–H and O–H groups in total. The van der Waals surface area contributed by atoms with Crippen LogP contribution in [0.25, 0.3) is 0 Å². The van der Waals surface area contributed by atoms with Gasteiger partial charge in [0.15, 0.2) is 0 Å². The van der Waals surface area contributed by atoms with Crippen molar-refractivity contribution in [2.24, 2.45) is 5.92 Å². The third kappa shape index (κ3) is 4.94. The van der Waals surface area contributed by atoms with Gasteiger partial charge in [-0.05, 0) is 63.2 Å². The summed E-state index contributed by atoms with van der Waals surface area (Å²) in [5.41, 5.74) is 2.92. The van der Waals surface area contributed by atoms with Gasteiger partial charge in [0.05, 0.1) is 0 Å². The summed E-state index contributed by atoms with van der Waals surface area (Å²) < 4.78 is 5.48. The highest BCUT2D eigenvalue weighted by molar-refractivity contribution is 5.79. The van der Waals surface area contributed by atoms with Gasteiger partial charge in [0.2, 0.25) is 5.91 Å². The Balaban J connectivity index is 1.20. The molecular weight excluding hydrogens is 350 g/mol. The molecule has 1 amide bonds. The molecule has 0 bridgehead atoms. The maximum atomic E-state index is 12.8. The first-order valence-electron chi connectivity index (χ1n) is 11.1. The predicted octanol–water partition coefficient (Wildman–Crippen LogP) is 2.44. The van der Waals surface area contributed by atoms with E-state index in [1.54, 1.807) is 0 Å². The lowest BCUT2D eigenvalue weighted by molar-refractivity contribution is -0.127. The lowest BCUT2D eigenvalue weighted by atomic mass is 9.93. The quantitative estimate of drug-likeness (QED) is 0.846. The highest BCUT2D eigenvalue weighted by Gasteiger charge is 2.30. The molecule has 3 heterocycles. The number of hydrogen-bond donors (Lipinski definition) is 1. The maximum absolute atomic E-state index is 12.8. The van der Waals surface area contributed by atoms with Crippen LogP contribution in [0.2, 0.25) is 0 Å². The van der Waals surface area contributed by atoms with Crippen LogP contribution in [-0.4, -0.2) is 67.2 Å². The van der Waals surface area contributed by atoms with E-state index in [0.717, 1.165) is 78.0 Å². The number of rotatable bonds is 5. The SMILES string of the molecule is C[C@H](CN1CCc2ccccc2C1)NC(=O)C1CCN(C2CCOCC2)CC1. The number of benzene rings is 1. The van der Waals surface area contributed by atoms with Gasteiger partial charge in [-0.25, -0.2) is 0 Å². The van der Waals surface area contributed by atoms with Gasteiger partial charge in [-0.1, -0.05) is 24.3 Å². The fourth-order valence-corrected chi connectivity index (χ4v) is 5.08. The molecule has 1 aromatic carbocycles. The first-order valence-corrected chi connectivity index (χ1v) is 11.1. The van der Waals surface area contributed by atoms with E-state index in [1.165, 1.54) is 11.1 Å². The van der Waals surface area contributed by atoms with Crippen LogP contribution in [0.4, 0.5) is 0 Å². The van der Waals surface area contributed by atoms with Gasteiger partial charge in [0.25, 0.3) is 0 Å². The molecule has 0 aromatic heterocycles. The second-order valence-electron chi connectivity index (χ2n) is 8.82. The second kappa shape index (κ2) is 9.38. The lowest BCUT2D eigenvalue weighted by Gasteiger charge is -2.39. The minimum absolute atomic E-state index is 0.181. The summed E-state index contributed by atoms with van der Waals surface area (Å²) in [5.74, 6) is 0.442. The number of carbonyl (C=O) groups is 1. The molecule has 5 nitrogen and oxygen atoms in total. The predicted molar refractivity (Wildman–Crippen MR) is 111 cm³/mol. The summed E-state index contributed by atoms with van der Waals surface area (Å²) in [6.07, 6.45) is 5.39. The summed E-state index contributed by atoms with van der Waals surface area (Å²) in [7, 11) is 0. The summed E-state index contributed by atoms with van der Waals surface area (Å²) in [5, 5.41) is 3.30. The molecule has 0 saturated carbocycles. The van der Waals surface area contributed by atoms with Crippen LogP contribution in [0.1, 0.15) is 43.7 Å². The van der Waals surface area contributed by atoms with Crippen LogP contribution in [0.3, 0.4) is 0 Å². The van der Waals surface area contributed by atoms with Crippen molar-refractivity contribution in [1.82, 2.24) is 15.1 Å². The molecule has 0 spiro atoms. The van der Waals surface area contributed by atoms with E-state index in [4.69, 9.17) is 4.74 Å². The first kappa shape index (κ1) is 19.9. The van der Waals surface area contributed by atoms with Crippen molar-refractivity contribution in [2.75, 3.05) is 39.4 Å². The van der Waals surface area contributed by atoms with Gasteiger partial charge in [-0.3, -0.25) is 9.69 Å². The molecule has 0 radical (unpaired) electrons. The van der Waals surface area contributed by atoms with E-state index >= 15 is 0 Å². The van der Waals surface area contributed by atoms with Crippen LogP contribution >= 0.6 is 0 Å². The van der Waals surface area contributed by atoms with E-state index in [2.05, 4.69) is 46.3 Å². The Kier molecular flexibility index (Phi) is 6.65. The number of nitrogens with one attached hydrogen (secondary N) is 1. The topological polar surface area (TPSA) is 44.8 Å². The van der Waals surface area contributed by atoms with E-state index in [1.807, 2.05) is 0 Å². The normalized spacial score (nSPS) is 23.9. The number of fused-ring (bicyclic) bond motifs is 1. The minimum Gasteiger partial charge on any atom is -0.381 e. The number of amides is 1. The Hall–Kier alpha value is -1.43. The standard InChI is InChI=1S/C23H35N3O2/c1-18(16-25-11-6-19-4-2-3-5-21(19)17-25)24-23(27)20-7-12-26(13-8-20)22-9-14-28-15-10-22/h2-5,18,20,22H,6-17H2,1H3,(H,24,27)/t18-/m1/s1. The Bertz CT molecular complexity index is 651. The Morgan fingerprint density at radius 2 is 1.82 bits per heavy atom. The molecule has 3 aliphatic heterocycles. The Morgan fingerprint density at radius 3 is 2.57 bits per heavy atom. The Morgan fingerprint density at radius 1 is 1.11 bits per heavy atom. The van der Waals surface area contributed by atoms with Gasteiger partial charge in [0.1, 0.15) is 0 Å². The Labute approximate surface area is 169 Å². The highest BCUT2D eigenvalue weighted by atomic mass is 16.5. The van der Waals surface area contributed by atoms with Crippen molar-refractivity contribution in [2.45, 2.75) is 57.7 Å². The minimum atomic E-state index is 0.181. The van der Waals surface area contributed by atoms with Gasteiger partial charge >= 0.3 is 0 Å². The zero-order valence-electron chi connectivity index (χ0n) is 17.2. The third-order valence-corrected chi connectivity index (χ3v) is 6.74. The molecule has 1 atom stereocenters. The average molecular weight is 386 g/mol. The summed E-state index contributed by atoms with van der Waals surface area (Å²) in [6, 6.07) is 9.59. The fourth-order valence-electron chi connectivity index (χ4n) is 5.08. The van der Waals surface area contributed by atoms with Crippen molar-refractivity contribution in [3.05, 3.63) is 35.4 Å².